The van der Waals surface area contributed by atoms with Crippen molar-refractivity contribution in [1.29, 1.82) is 0 Å². The highest BCUT2D eigenvalue weighted by Crippen LogP contribution is 2.28. The fourth-order valence-electron chi connectivity index (χ4n) is 2.96. The highest BCUT2D eigenvalue weighted by Gasteiger charge is 2.32. The van der Waals surface area contributed by atoms with E-state index in [1.165, 1.54) is 0 Å². The molecule has 106 valence electrons. The molecule has 2 aromatic carbocycles. The van der Waals surface area contributed by atoms with Gasteiger partial charge in [-0.25, -0.2) is 0 Å². The molecule has 3 nitrogen and oxygen atoms in total. The van der Waals surface area contributed by atoms with Gasteiger partial charge in [-0.3, -0.25) is 9.59 Å². The number of hydrogen-bond acceptors (Lipinski definition) is 2. The van der Waals surface area contributed by atoms with Gasteiger partial charge in [-0.05, 0) is 29.8 Å². The average molecular weight is 287 g/mol. The standard InChI is InChI=1S/C19H13NO2/c1-20-9-8-13-10-12(6-7-17(13)20)11-16-18(21)14-4-2-3-5-15(14)19(16)22/h2-11H,1H3. The topological polar surface area (TPSA) is 39.1 Å². The molecule has 3 aromatic rings. The third-order valence-corrected chi connectivity index (χ3v) is 4.13. The molecule has 1 aliphatic carbocycles. The van der Waals surface area contributed by atoms with Gasteiger partial charge in [-0.1, -0.05) is 30.3 Å². The number of nitrogens with zero attached hydrogens (tertiary/aromatic N) is 1. The van der Waals surface area contributed by atoms with Gasteiger partial charge in [0.15, 0.2) is 11.6 Å². The molecule has 0 saturated heterocycles. The Bertz CT molecular complexity index is 939. The molecule has 0 aliphatic heterocycles. The van der Waals surface area contributed by atoms with Gasteiger partial charge in [0, 0.05) is 35.3 Å². The Balaban J connectivity index is 1.82. The summed E-state index contributed by atoms with van der Waals surface area (Å²) < 4.78 is 2.04. The number of allylic oxidation sites excluding steroid dienone is 1. The Labute approximate surface area is 127 Å². The number of rotatable bonds is 1. The molecule has 1 aliphatic rings. The molecule has 4 rings (SSSR count). The van der Waals surface area contributed by atoms with E-state index in [0.717, 1.165) is 16.5 Å². The Morgan fingerprint density at radius 1 is 0.909 bits per heavy atom. The van der Waals surface area contributed by atoms with Crippen molar-refractivity contribution < 1.29 is 9.59 Å². The van der Waals surface area contributed by atoms with Crippen molar-refractivity contribution in [1.82, 2.24) is 4.57 Å². The zero-order valence-electron chi connectivity index (χ0n) is 12.0. The fraction of sp³-hybridized carbons (Fsp3) is 0.0526. The van der Waals surface area contributed by atoms with E-state index in [0.29, 0.717) is 11.1 Å². The highest BCUT2D eigenvalue weighted by atomic mass is 16.2. The molecule has 0 saturated carbocycles. The largest absolute Gasteiger partial charge is 0.351 e. The molecule has 0 amide bonds. The van der Waals surface area contributed by atoms with Gasteiger partial charge in [0.1, 0.15) is 0 Å². The van der Waals surface area contributed by atoms with E-state index in [2.05, 4.69) is 0 Å². The summed E-state index contributed by atoms with van der Waals surface area (Å²) in [5, 5.41) is 1.09. The number of Topliss-reactive ketones (excluding diaryl/α,β-unsaturated/α-hetero) is 2. The molecule has 0 radical (unpaired) electrons. The van der Waals surface area contributed by atoms with Crippen LogP contribution in [0, 0.1) is 0 Å². The van der Waals surface area contributed by atoms with Crippen molar-refractivity contribution in [3.8, 4) is 0 Å². The number of ketones is 2. The van der Waals surface area contributed by atoms with Crippen LogP contribution in [0.4, 0.5) is 0 Å². The summed E-state index contributed by atoms with van der Waals surface area (Å²) in [6, 6.07) is 14.9. The third-order valence-electron chi connectivity index (χ3n) is 4.13. The highest BCUT2D eigenvalue weighted by molar-refractivity contribution is 6.41. The van der Waals surface area contributed by atoms with E-state index < -0.39 is 0 Å². The monoisotopic (exact) mass is 287 g/mol. The van der Waals surface area contributed by atoms with Gasteiger partial charge in [0.05, 0.1) is 5.57 Å². The van der Waals surface area contributed by atoms with Crippen LogP contribution in [-0.4, -0.2) is 16.1 Å². The zero-order chi connectivity index (χ0) is 15.3. The number of aromatic nitrogens is 1. The number of carbonyl (C=O) groups excluding carboxylic acids is 2. The summed E-state index contributed by atoms with van der Waals surface area (Å²) in [7, 11) is 1.99. The second-order valence-electron chi connectivity index (χ2n) is 5.51. The van der Waals surface area contributed by atoms with Gasteiger partial charge in [0.25, 0.3) is 0 Å². The predicted molar refractivity (Wildman–Crippen MR) is 86.0 cm³/mol. The molecular formula is C19H13NO2. The van der Waals surface area contributed by atoms with Crippen LogP contribution in [0.5, 0.6) is 0 Å². The molecule has 1 aromatic heterocycles. The Hall–Kier alpha value is -2.94. The molecular weight excluding hydrogens is 274 g/mol. The van der Waals surface area contributed by atoms with Crippen LogP contribution in [0.2, 0.25) is 0 Å². The van der Waals surface area contributed by atoms with E-state index in [4.69, 9.17) is 0 Å². The Kier molecular flexibility index (Phi) is 2.63. The fourth-order valence-corrected chi connectivity index (χ4v) is 2.96. The molecule has 0 atom stereocenters. The molecule has 0 N–H and O–H groups in total. The van der Waals surface area contributed by atoms with E-state index in [-0.39, 0.29) is 17.1 Å². The first-order chi connectivity index (χ1) is 10.6. The second kappa shape index (κ2) is 4.53. The van der Waals surface area contributed by atoms with Crippen LogP contribution in [0.15, 0.2) is 60.3 Å². The van der Waals surface area contributed by atoms with Gasteiger partial charge in [-0.15, -0.1) is 0 Å². The first-order valence-corrected chi connectivity index (χ1v) is 7.10. The maximum absolute atomic E-state index is 12.4. The maximum Gasteiger partial charge on any atom is 0.197 e. The van der Waals surface area contributed by atoms with Crippen molar-refractivity contribution in [2.75, 3.05) is 0 Å². The van der Waals surface area contributed by atoms with Crippen molar-refractivity contribution in [3.05, 3.63) is 77.0 Å². The molecule has 0 spiro atoms. The summed E-state index contributed by atoms with van der Waals surface area (Å²) in [6.07, 6.45) is 3.68. The van der Waals surface area contributed by atoms with Gasteiger partial charge in [0.2, 0.25) is 0 Å². The number of benzene rings is 2. The number of carbonyl (C=O) groups is 2. The minimum atomic E-state index is -0.186. The van der Waals surface area contributed by atoms with Crippen LogP contribution in [-0.2, 0) is 7.05 Å². The number of hydrogen-bond donors (Lipinski definition) is 0. The summed E-state index contributed by atoms with van der Waals surface area (Å²) >= 11 is 0. The molecule has 22 heavy (non-hydrogen) atoms. The summed E-state index contributed by atoms with van der Waals surface area (Å²) in [6.45, 7) is 0. The van der Waals surface area contributed by atoms with Gasteiger partial charge >= 0.3 is 0 Å². The average Bonchev–Trinajstić information content (AvgIpc) is 3.02. The second-order valence-corrected chi connectivity index (χ2v) is 5.51. The molecule has 3 heteroatoms. The normalized spacial score (nSPS) is 13.8. The van der Waals surface area contributed by atoms with Gasteiger partial charge in [-0.2, -0.15) is 0 Å². The molecule has 0 fully saturated rings. The van der Waals surface area contributed by atoms with E-state index in [9.17, 15) is 9.59 Å². The molecule has 0 bridgehead atoms. The maximum atomic E-state index is 12.4. The van der Waals surface area contributed by atoms with Crippen molar-refractivity contribution >= 4 is 28.5 Å². The SMILES string of the molecule is Cn1ccc2cc(C=C3C(=O)c4ccccc4C3=O)ccc21. The van der Waals surface area contributed by atoms with Crippen LogP contribution in [0.3, 0.4) is 0 Å². The molecule has 0 unspecified atom stereocenters. The van der Waals surface area contributed by atoms with Crippen LogP contribution >= 0.6 is 0 Å². The van der Waals surface area contributed by atoms with Crippen molar-refractivity contribution in [3.63, 3.8) is 0 Å². The first kappa shape index (κ1) is 12.8. The minimum Gasteiger partial charge on any atom is -0.351 e. The van der Waals surface area contributed by atoms with E-state index in [1.54, 1.807) is 30.3 Å². The smallest absolute Gasteiger partial charge is 0.197 e. The third kappa shape index (κ3) is 1.76. The zero-order valence-corrected chi connectivity index (χ0v) is 12.0. The van der Waals surface area contributed by atoms with E-state index in [1.807, 2.05) is 42.1 Å². The van der Waals surface area contributed by atoms with Crippen LogP contribution in [0.25, 0.3) is 17.0 Å². The lowest BCUT2D eigenvalue weighted by molar-refractivity contribution is 0.0990. The Morgan fingerprint density at radius 3 is 2.27 bits per heavy atom. The van der Waals surface area contributed by atoms with Crippen LogP contribution < -0.4 is 0 Å². The van der Waals surface area contributed by atoms with Crippen molar-refractivity contribution in [2.24, 2.45) is 7.05 Å². The lowest BCUT2D eigenvalue weighted by Crippen LogP contribution is -2.00. The minimum absolute atomic E-state index is 0.186. The van der Waals surface area contributed by atoms with Gasteiger partial charge < -0.3 is 4.57 Å². The number of aryl methyl sites for hydroxylation is 1. The van der Waals surface area contributed by atoms with E-state index >= 15 is 0 Å². The summed E-state index contributed by atoms with van der Waals surface area (Å²) in [5.74, 6) is -0.373. The predicted octanol–water partition coefficient (Wildman–Crippen LogP) is 3.64. The molecule has 1 heterocycles. The summed E-state index contributed by atoms with van der Waals surface area (Å²) in [4.78, 5) is 24.8. The number of fused-ring (bicyclic) bond motifs is 2. The van der Waals surface area contributed by atoms with Crippen LogP contribution in [0.1, 0.15) is 26.3 Å². The van der Waals surface area contributed by atoms with Crippen molar-refractivity contribution in [2.45, 2.75) is 0 Å². The quantitative estimate of drug-likeness (QED) is 0.506. The summed E-state index contributed by atoms with van der Waals surface area (Å²) in [5.41, 5.74) is 3.23. The lowest BCUT2D eigenvalue weighted by Gasteiger charge is -1.99. The Morgan fingerprint density at radius 2 is 1.59 bits per heavy atom. The lowest BCUT2D eigenvalue weighted by atomic mass is 10.1. The first-order valence-electron chi connectivity index (χ1n) is 7.10.